The van der Waals surface area contributed by atoms with Crippen LogP contribution >= 0.6 is 0 Å². The second-order valence-electron chi connectivity index (χ2n) is 4.68. The molecule has 0 aliphatic carbocycles. The van der Waals surface area contributed by atoms with Gasteiger partial charge >= 0.3 is 12.6 Å². The lowest BCUT2D eigenvalue weighted by atomic mass is 10.1. The monoisotopic (exact) mass is 300 g/mol. The summed E-state index contributed by atoms with van der Waals surface area (Å²) in [6.45, 7) is -0.788. The van der Waals surface area contributed by atoms with Crippen LogP contribution in [0.15, 0.2) is 24.3 Å². The highest BCUT2D eigenvalue weighted by Crippen LogP contribution is 2.20. The van der Waals surface area contributed by atoms with Gasteiger partial charge in [0.05, 0.1) is 25.3 Å². The predicted molar refractivity (Wildman–Crippen MR) is 73.7 cm³/mol. The summed E-state index contributed by atoms with van der Waals surface area (Å²) in [6, 6.07) is 6.72. The fourth-order valence-corrected chi connectivity index (χ4v) is 2.34. The van der Waals surface area contributed by atoms with Crippen LogP contribution in [0.2, 0.25) is 0 Å². The van der Waals surface area contributed by atoms with Gasteiger partial charge in [0.2, 0.25) is 0 Å². The average Bonchev–Trinajstić information content (AvgIpc) is 2.52. The van der Waals surface area contributed by atoms with Crippen molar-refractivity contribution in [1.82, 2.24) is 5.32 Å². The van der Waals surface area contributed by atoms with E-state index in [0.717, 1.165) is 12.2 Å². The van der Waals surface area contributed by atoms with E-state index in [2.05, 4.69) is 14.8 Å². The smallest absolute Gasteiger partial charge is 0.345 e. The highest BCUT2D eigenvalue weighted by Gasteiger charge is 2.24. The molecular weight excluding hydrogens is 282 g/mol. The van der Waals surface area contributed by atoms with Crippen molar-refractivity contribution in [3.05, 3.63) is 29.8 Å². The first-order chi connectivity index (χ1) is 10.1. The van der Waals surface area contributed by atoms with Gasteiger partial charge in [0.25, 0.3) is 0 Å². The van der Waals surface area contributed by atoms with Gasteiger partial charge in [0, 0.05) is 25.3 Å². The number of ether oxygens (including phenoxy) is 2. The van der Waals surface area contributed by atoms with E-state index >= 15 is 0 Å². The first-order valence-electron chi connectivity index (χ1n) is 6.67. The lowest BCUT2D eigenvalue weighted by molar-refractivity contribution is -0.132. The number of nitrogens with zero attached hydrogens (tertiary/aromatic N) is 1. The quantitative estimate of drug-likeness (QED) is 0.835. The number of carbonyl (C=O) groups excluding carboxylic acids is 1. The maximum absolute atomic E-state index is 12.2. The summed E-state index contributed by atoms with van der Waals surface area (Å²) in [5, 5.41) is 3.16. The van der Waals surface area contributed by atoms with Crippen LogP contribution in [0.5, 0.6) is 0 Å². The molecule has 1 unspecified atom stereocenters. The molecule has 1 aliphatic heterocycles. The van der Waals surface area contributed by atoms with Crippen LogP contribution in [0.3, 0.4) is 0 Å². The fourth-order valence-electron chi connectivity index (χ4n) is 2.34. The van der Waals surface area contributed by atoms with Crippen molar-refractivity contribution < 1.29 is 23.0 Å². The molecule has 0 bridgehead atoms. The van der Waals surface area contributed by atoms with Gasteiger partial charge in [-0.15, -0.1) is 0 Å². The van der Waals surface area contributed by atoms with E-state index < -0.39 is 12.6 Å². The molecule has 0 spiro atoms. The van der Waals surface area contributed by atoms with Gasteiger partial charge < -0.3 is 19.7 Å². The topological polar surface area (TPSA) is 50.8 Å². The van der Waals surface area contributed by atoms with Gasteiger partial charge in [0.1, 0.15) is 0 Å². The van der Waals surface area contributed by atoms with Crippen molar-refractivity contribution in [2.45, 2.75) is 12.7 Å². The molecular formula is C14H18F2N2O3. The normalized spacial score (nSPS) is 18.9. The predicted octanol–water partition coefficient (Wildman–Crippen LogP) is 1.49. The third kappa shape index (κ3) is 4.12. The van der Waals surface area contributed by atoms with Crippen molar-refractivity contribution >= 4 is 11.7 Å². The Morgan fingerprint density at radius 3 is 2.76 bits per heavy atom. The highest BCUT2D eigenvalue weighted by molar-refractivity contribution is 5.89. The number of rotatable bonds is 5. The van der Waals surface area contributed by atoms with E-state index in [-0.39, 0.29) is 12.6 Å². The van der Waals surface area contributed by atoms with E-state index in [9.17, 15) is 13.6 Å². The van der Waals surface area contributed by atoms with E-state index in [4.69, 9.17) is 0 Å². The first-order valence-corrected chi connectivity index (χ1v) is 6.67. The Morgan fingerprint density at radius 1 is 1.43 bits per heavy atom. The molecule has 0 radical (unpaired) electrons. The molecule has 1 aromatic rings. The van der Waals surface area contributed by atoms with Gasteiger partial charge in [0.15, 0.2) is 0 Å². The molecule has 1 aliphatic rings. The van der Waals surface area contributed by atoms with Crippen molar-refractivity contribution in [2.75, 3.05) is 38.3 Å². The number of hydrogen-bond acceptors (Lipinski definition) is 5. The Hall–Kier alpha value is -1.73. The largest absolute Gasteiger partial charge is 0.465 e. The molecule has 116 valence electrons. The summed E-state index contributed by atoms with van der Waals surface area (Å²) >= 11 is 0. The van der Waals surface area contributed by atoms with E-state index in [1.807, 2.05) is 4.90 Å². The molecule has 7 heteroatoms. The molecule has 5 nitrogen and oxygen atoms in total. The average molecular weight is 300 g/mol. The number of methoxy groups -OCH3 is 1. The van der Waals surface area contributed by atoms with Gasteiger partial charge in [-0.3, -0.25) is 0 Å². The summed E-state index contributed by atoms with van der Waals surface area (Å²) in [5.41, 5.74) is 1.32. The molecule has 0 saturated carbocycles. The molecule has 1 atom stereocenters. The van der Waals surface area contributed by atoms with E-state index in [1.54, 1.807) is 24.3 Å². The number of anilines is 1. The van der Waals surface area contributed by atoms with Crippen LogP contribution in [-0.4, -0.2) is 52.0 Å². The van der Waals surface area contributed by atoms with Crippen LogP contribution in [0.1, 0.15) is 10.4 Å². The molecule has 1 fully saturated rings. The molecule has 1 aromatic carbocycles. The number of alkyl halides is 2. The lowest BCUT2D eigenvalue weighted by Crippen LogP contribution is -2.53. The molecule has 2 rings (SSSR count). The second-order valence-corrected chi connectivity index (χ2v) is 4.68. The number of nitrogens with one attached hydrogen (secondary N) is 1. The Balaban J connectivity index is 2.07. The Kier molecular flexibility index (Phi) is 5.46. The minimum atomic E-state index is -2.77. The maximum atomic E-state index is 12.2. The van der Waals surface area contributed by atoms with Crippen LogP contribution < -0.4 is 10.2 Å². The molecule has 1 saturated heterocycles. The third-order valence-corrected chi connectivity index (χ3v) is 3.38. The highest BCUT2D eigenvalue weighted by atomic mass is 19.3. The summed E-state index contributed by atoms with van der Waals surface area (Å²) < 4.78 is 33.4. The number of benzene rings is 1. The zero-order chi connectivity index (χ0) is 15.2. The number of esters is 1. The molecule has 1 N–H and O–H groups in total. The fraction of sp³-hybridized carbons (Fsp3) is 0.500. The van der Waals surface area contributed by atoms with Gasteiger partial charge in [-0.25, -0.2) is 4.79 Å². The maximum Gasteiger partial charge on any atom is 0.345 e. The van der Waals surface area contributed by atoms with Gasteiger partial charge in [-0.2, -0.15) is 8.78 Å². The van der Waals surface area contributed by atoms with Crippen molar-refractivity contribution in [3.8, 4) is 0 Å². The number of carbonyl (C=O) groups is 1. The van der Waals surface area contributed by atoms with E-state index in [1.165, 1.54) is 7.11 Å². The van der Waals surface area contributed by atoms with Crippen LogP contribution in [0, 0.1) is 0 Å². The molecule has 0 aromatic heterocycles. The molecule has 21 heavy (non-hydrogen) atoms. The minimum Gasteiger partial charge on any atom is -0.465 e. The zero-order valence-corrected chi connectivity index (χ0v) is 11.7. The first kappa shape index (κ1) is 15.7. The Morgan fingerprint density at radius 2 is 2.14 bits per heavy atom. The second kappa shape index (κ2) is 7.33. The summed E-state index contributed by atoms with van der Waals surface area (Å²) in [4.78, 5) is 13.4. The molecule has 0 amide bonds. The minimum absolute atomic E-state index is 0.0522. The van der Waals surface area contributed by atoms with Crippen molar-refractivity contribution in [3.63, 3.8) is 0 Å². The number of piperazine rings is 1. The SMILES string of the molecule is COC(=O)c1ccc(N2CCNCC2COC(F)F)cc1. The number of hydrogen-bond donors (Lipinski definition) is 1. The van der Waals surface area contributed by atoms with Gasteiger partial charge in [-0.05, 0) is 24.3 Å². The summed E-state index contributed by atoms with van der Waals surface area (Å²) in [7, 11) is 1.32. The van der Waals surface area contributed by atoms with Gasteiger partial charge in [-0.1, -0.05) is 0 Å². The van der Waals surface area contributed by atoms with Crippen molar-refractivity contribution in [1.29, 1.82) is 0 Å². The zero-order valence-electron chi connectivity index (χ0n) is 11.7. The van der Waals surface area contributed by atoms with Crippen LogP contribution in [-0.2, 0) is 9.47 Å². The summed E-state index contributed by atoms with van der Waals surface area (Å²) in [5.74, 6) is -0.403. The summed E-state index contributed by atoms with van der Waals surface area (Å²) in [6.07, 6.45) is 0. The van der Waals surface area contributed by atoms with E-state index in [0.29, 0.717) is 18.7 Å². The Bertz CT molecular complexity index is 468. The molecule has 1 heterocycles. The number of halogens is 2. The van der Waals surface area contributed by atoms with Crippen LogP contribution in [0.4, 0.5) is 14.5 Å². The van der Waals surface area contributed by atoms with Crippen molar-refractivity contribution in [2.24, 2.45) is 0 Å². The third-order valence-electron chi connectivity index (χ3n) is 3.38. The van der Waals surface area contributed by atoms with Crippen LogP contribution in [0.25, 0.3) is 0 Å². The standard InChI is InChI=1S/C14H18F2N2O3/c1-20-13(19)10-2-4-11(5-3-10)18-7-6-17-8-12(18)9-21-14(15)16/h2-5,12,14,17H,6-9H2,1H3. The Labute approximate surface area is 121 Å². The lowest BCUT2D eigenvalue weighted by Gasteiger charge is -2.37.